The number of furan rings is 1. The van der Waals surface area contributed by atoms with Gasteiger partial charge in [0.1, 0.15) is 11.2 Å². The summed E-state index contributed by atoms with van der Waals surface area (Å²) in [6.45, 7) is 0. The Hall–Kier alpha value is -6.44. The normalized spacial score (nSPS) is 22.6. The lowest BCUT2D eigenvalue weighted by Crippen LogP contribution is -2.55. The molecule has 1 spiro atoms. The van der Waals surface area contributed by atoms with Gasteiger partial charge in [-0.1, -0.05) is 146 Å². The average Bonchev–Trinajstić information content (AvgIpc) is 3.80. The lowest BCUT2D eigenvalue weighted by molar-refractivity contribution is -0.0399. The predicted molar refractivity (Wildman–Crippen MR) is 246 cm³/mol. The van der Waals surface area contributed by atoms with Gasteiger partial charge in [-0.05, 0) is 168 Å². The van der Waals surface area contributed by atoms with Crippen molar-refractivity contribution >= 4 is 54.3 Å². The quantitative estimate of drug-likeness (QED) is 0.164. The molecular formula is C58H42O. The molecule has 10 aromatic rings. The van der Waals surface area contributed by atoms with Gasteiger partial charge in [0.05, 0.1) is 0 Å². The second kappa shape index (κ2) is 11.8. The molecule has 1 heteroatoms. The van der Waals surface area contributed by atoms with Crippen LogP contribution in [-0.4, -0.2) is 0 Å². The van der Waals surface area contributed by atoms with Crippen LogP contribution in [0.1, 0.15) is 43.2 Å². The van der Waals surface area contributed by atoms with Crippen LogP contribution in [0.25, 0.3) is 98.8 Å². The fourth-order valence-corrected chi connectivity index (χ4v) is 13.7. The van der Waals surface area contributed by atoms with Crippen molar-refractivity contribution < 1.29 is 4.42 Å². The van der Waals surface area contributed by atoms with Crippen LogP contribution in [0.3, 0.4) is 0 Å². The van der Waals surface area contributed by atoms with E-state index in [2.05, 4.69) is 164 Å². The zero-order valence-corrected chi connectivity index (χ0v) is 32.9. The van der Waals surface area contributed by atoms with Crippen molar-refractivity contribution in [3.8, 4) is 44.5 Å². The van der Waals surface area contributed by atoms with Crippen molar-refractivity contribution in [3.63, 3.8) is 0 Å². The SMILES string of the molecule is c1ccc2c(c1)-c1ccc(-c3ccc(-c4c5ccccc5c(-c5ccc6c(c5)oc5ccccc56)c5ccccc45)c4ccccc34)cc1C21C2CC3CC(C2)CC1C3. The molecule has 4 fully saturated rings. The Labute approximate surface area is 343 Å². The molecule has 0 atom stereocenters. The first-order chi connectivity index (χ1) is 29.2. The maximum absolute atomic E-state index is 6.43. The van der Waals surface area contributed by atoms with Gasteiger partial charge in [-0.25, -0.2) is 0 Å². The molecule has 4 bridgehead atoms. The Balaban J connectivity index is 0.970. The largest absolute Gasteiger partial charge is 0.456 e. The van der Waals surface area contributed by atoms with Crippen LogP contribution in [0.5, 0.6) is 0 Å². The highest BCUT2D eigenvalue weighted by molar-refractivity contribution is 6.24. The van der Waals surface area contributed by atoms with E-state index in [4.69, 9.17) is 4.42 Å². The number of hydrogen-bond donors (Lipinski definition) is 0. The molecule has 0 radical (unpaired) electrons. The minimum Gasteiger partial charge on any atom is -0.456 e. The van der Waals surface area contributed by atoms with E-state index in [0.29, 0.717) is 0 Å². The van der Waals surface area contributed by atoms with E-state index in [-0.39, 0.29) is 5.41 Å². The number of hydrogen-bond acceptors (Lipinski definition) is 1. The van der Waals surface area contributed by atoms with Gasteiger partial charge in [0.2, 0.25) is 0 Å². The Morgan fingerprint density at radius 2 is 0.847 bits per heavy atom. The average molecular weight is 755 g/mol. The van der Waals surface area contributed by atoms with Crippen LogP contribution in [0.15, 0.2) is 174 Å². The minimum atomic E-state index is 0.152. The van der Waals surface area contributed by atoms with Gasteiger partial charge in [-0.2, -0.15) is 0 Å². The molecule has 0 N–H and O–H groups in total. The van der Waals surface area contributed by atoms with E-state index in [0.717, 1.165) is 45.6 Å². The smallest absolute Gasteiger partial charge is 0.136 e. The van der Waals surface area contributed by atoms with Gasteiger partial charge < -0.3 is 4.42 Å². The maximum Gasteiger partial charge on any atom is 0.136 e. The van der Waals surface area contributed by atoms with E-state index in [9.17, 15) is 0 Å². The third-order valence-corrected chi connectivity index (χ3v) is 15.7. The lowest BCUT2D eigenvalue weighted by atomic mass is 9.43. The van der Waals surface area contributed by atoms with Crippen LogP contribution in [0.2, 0.25) is 0 Å². The number of benzene rings is 9. The molecule has 9 aromatic carbocycles. The summed E-state index contributed by atoms with van der Waals surface area (Å²) in [6, 6.07) is 64.2. The number of para-hydroxylation sites is 1. The molecule has 5 aliphatic carbocycles. The van der Waals surface area contributed by atoms with Gasteiger partial charge in [-0.3, -0.25) is 0 Å². The standard InChI is InChI=1S/C58H42O/c1-2-12-42-41(11-1)40(36-21-23-44-43-13-7-9-19-52(43)58(53(44)32-36)38-28-34-27-35(30-38)31-39(58)29-34)25-26-51(42)57-49-17-5-3-15-47(49)56(48-16-4-6-18-50(48)57)37-22-24-46-45-14-8-10-20-54(45)59-55(46)33-37/h1-26,32-35,38-39H,27-31H2. The summed E-state index contributed by atoms with van der Waals surface area (Å²) in [5.41, 5.74) is 15.9. The van der Waals surface area contributed by atoms with Crippen LogP contribution in [0, 0.1) is 23.7 Å². The molecule has 15 rings (SSSR count). The Morgan fingerprint density at radius 3 is 1.56 bits per heavy atom. The minimum absolute atomic E-state index is 0.152. The molecule has 0 amide bonds. The van der Waals surface area contributed by atoms with Gasteiger partial charge in [0.15, 0.2) is 0 Å². The van der Waals surface area contributed by atoms with Crippen molar-refractivity contribution in [1.82, 2.24) is 0 Å². The van der Waals surface area contributed by atoms with Gasteiger partial charge in [0, 0.05) is 16.2 Å². The summed E-state index contributed by atoms with van der Waals surface area (Å²) < 4.78 is 6.43. The second-order valence-electron chi connectivity index (χ2n) is 18.3. The fraction of sp³-hybridized carbons (Fsp3) is 0.172. The van der Waals surface area contributed by atoms with Gasteiger partial charge in [0.25, 0.3) is 0 Å². The van der Waals surface area contributed by atoms with E-state index < -0.39 is 0 Å². The van der Waals surface area contributed by atoms with Crippen molar-refractivity contribution in [2.24, 2.45) is 23.7 Å². The lowest BCUT2D eigenvalue weighted by Gasteiger charge is -2.61. The Kier molecular flexibility index (Phi) is 6.52. The van der Waals surface area contributed by atoms with Crippen LogP contribution in [-0.2, 0) is 5.41 Å². The van der Waals surface area contributed by atoms with Crippen molar-refractivity contribution in [2.45, 2.75) is 37.5 Å². The third-order valence-electron chi connectivity index (χ3n) is 15.7. The maximum atomic E-state index is 6.43. The number of rotatable bonds is 3. The van der Waals surface area contributed by atoms with Crippen LogP contribution < -0.4 is 0 Å². The zero-order chi connectivity index (χ0) is 38.4. The summed E-state index contributed by atoms with van der Waals surface area (Å²) in [5, 5.41) is 9.96. The highest BCUT2D eigenvalue weighted by atomic mass is 16.3. The van der Waals surface area contributed by atoms with Crippen molar-refractivity contribution in [2.75, 3.05) is 0 Å². The molecule has 280 valence electrons. The van der Waals surface area contributed by atoms with E-state index in [1.54, 1.807) is 11.1 Å². The summed E-state index contributed by atoms with van der Waals surface area (Å²) in [5.74, 6) is 3.36. The molecule has 1 nitrogen and oxygen atoms in total. The summed E-state index contributed by atoms with van der Waals surface area (Å²) >= 11 is 0. The predicted octanol–water partition coefficient (Wildman–Crippen LogP) is 15.8. The Bertz CT molecular complexity index is 3330. The fourth-order valence-electron chi connectivity index (χ4n) is 13.7. The van der Waals surface area contributed by atoms with Crippen LogP contribution >= 0.6 is 0 Å². The highest BCUT2D eigenvalue weighted by Crippen LogP contribution is 2.69. The van der Waals surface area contributed by atoms with Gasteiger partial charge >= 0.3 is 0 Å². The zero-order valence-electron chi connectivity index (χ0n) is 32.9. The molecule has 0 unspecified atom stereocenters. The summed E-state index contributed by atoms with van der Waals surface area (Å²) in [4.78, 5) is 0. The first-order valence-electron chi connectivity index (χ1n) is 21.8. The van der Waals surface area contributed by atoms with Gasteiger partial charge in [-0.15, -0.1) is 0 Å². The summed E-state index contributed by atoms with van der Waals surface area (Å²) in [6.07, 6.45) is 7.08. The molecule has 0 aliphatic heterocycles. The first kappa shape index (κ1) is 32.5. The van der Waals surface area contributed by atoms with E-state index in [1.165, 1.54) is 109 Å². The second-order valence-corrected chi connectivity index (χ2v) is 18.3. The molecule has 1 heterocycles. The van der Waals surface area contributed by atoms with Crippen LogP contribution in [0.4, 0.5) is 0 Å². The summed E-state index contributed by atoms with van der Waals surface area (Å²) in [7, 11) is 0. The molecule has 0 saturated heterocycles. The highest BCUT2D eigenvalue weighted by Gasteiger charge is 2.61. The first-order valence-corrected chi connectivity index (χ1v) is 21.8. The van der Waals surface area contributed by atoms with E-state index >= 15 is 0 Å². The monoisotopic (exact) mass is 754 g/mol. The molecule has 5 aliphatic rings. The van der Waals surface area contributed by atoms with E-state index in [1.807, 2.05) is 6.07 Å². The Morgan fingerprint density at radius 1 is 0.339 bits per heavy atom. The third kappa shape index (κ3) is 4.30. The molecular weight excluding hydrogens is 713 g/mol. The topological polar surface area (TPSA) is 13.1 Å². The van der Waals surface area contributed by atoms with Crippen molar-refractivity contribution in [3.05, 3.63) is 181 Å². The van der Waals surface area contributed by atoms with Crippen molar-refractivity contribution in [1.29, 1.82) is 0 Å². The number of fused-ring (bicyclic) bond motifs is 9. The molecule has 4 saturated carbocycles. The molecule has 1 aromatic heterocycles. The molecule has 59 heavy (non-hydrogen) atoms.